The zero-order chi connectivity index (χ0) is 24.9. The number of hydrogen-bond acceptors (Lipinski definition) is 8. The largest absolute Gasteiger partial charge is 0.377 e. The van der Waals surface area contributed by atoms with Crippen LogP contribution < -0.4 is 0 Å². The van der Waals surface area contributed by atoms with E-state index in [1.165, 1.54) is 5.57 Å². The van der Waals surface area contributed by atoms with Crippen LogP contribution in [-0.4, -0.2) is 92.5 Å². The zero-order valence-corrected chi connectivity index (χ0v) is 21.3. The molecule has 0 amide bonds. The molecule has 0 unspecified atom stereocenters. The lowest BCUT2D eigenvalue weighted by Crippen LogP contribution is -2.13. The van der Waals surface area contributed by atoms with E-state index in [1.807, 2.05) is 24.3 Å². The Morgan fingerprint density at radius 2 is 0.944 bits per heavy atom. The number of benzene rings is 1. The molecule has 8 nitrogen and oxygen atoms in total. The van der Waals surface area contributed by atoms with Crippen LogP contribution in [0.3, 0.4) is 0 Å². The minimum atomic E-state index is 0.508. The van der Waals surface area contributed by atoms with Gasteiger partial charge in [0.05, 0.1) is 106 Å². The molecule has 4 bridgehead atoms. The first-order valence-corrected chi connectivity index (χ1v) is 12.7. The van der Waals surface area contributed by atoms with Crippen molar-refractivity contribution < 1.29 is 37.9 Å². The van der Waals surface area contributed by atoms with E-state index in [-0.39, 0.29) is 0 Å². The molecule has 1 aliphatic carbocycles. The molecule has 1 heterocycles. The van der Waals surface area contributed by atoms with Gasteiger partial charge in [0.1, 0.15) is 0 Å². The Balaban J connectivity index is 1.35. The Labute approximate surface area is 214 Å². The standard InChI is InChI=1S/C28H40O8/c1-3-25-19-26(4-1)22-34-16-12-30-8-10-32-14-18-36-24-28-6-2-5-27(20-28)23-35-17-13-31-9-7-29-11-15-33-21-25/h1-4,19-20H,5,7-18,21-24H2. The molecule has 0 saturated carbocycles. The number of hydrogen-bond donors (Lipinski definition) is 0. The average molecular weight is 505 g/mol. The minimum Gasteiger partial charge on any atom is -0.377 e. The summed E-state index contributed by atoms with van der Waals surface area (Å²) in [5.41, 5.74) is 7.71. The molecule has 0 atom stereocenters. The van der Waals surface area contributed by atoms with Crippen LogP contribution in [0.25, 0.3) is 0 Å². The summed E-state index contributed by atoms with van der Waals surface area (Å²) in [5, 5.41) is 0. The number of rotatable bonds is 0. The molecule has 200 valence electrons. The Morgan fingerprint density at radius 3 is 1.47 bits per heavy atom. The van der Waals surface area contributed by atoms with Crippen molar-refractivity contribution in [3.63, 3.8) is 0 Å². The van der Waals surface area contributed by atoms with Gasteiger partial charge in [0.2, 0.25) is 0 Å². The molecule has 0 saturated heterocycles. The molecule has 2 aliphatic rings. The van der Waals surface area contributed by atoms with Crippen molar-refractivity contribution in [2.75, 3.05) is 92.5 Å². The van der Waals surface area contributed by atoms with Gasteiger partial charge in [-0.3, -0.25) is 0 Å². The fourth-order valence-corrected chi connectivity index (χ4v) is 3.53. The molecule has 0 spiro atoms. The summed E-state index contributed by atoms with van der Waals surface area (Å²) in [6.07, 6.45) is 4.97. The molecule has 0 N–H and O–H groups in total. The SMILES string of the molecule is C1=CCC2=CC=1COCCOCCOCCOCc1cccc(c1)COCCOCCOCCOC2. The van der Waals surface area contributed by atoms with Crippen molar-refractivity contribution in [1.82, 2.24) is 0 Å². The maximum Gasteiger partial charge on any atom is 0.0789 e. The van der Waals surface area contributed by atoms with E-state index >= 15 is 0 Å². The number of ether oxygens (including phenoxy) is 8. The second kappa shape index (κ2) is 19.3. The molecule has 8 heteroatoms. The molecule has 0 fully saturated rings. The Hall–Kier alpha value is -1.84. The highest BCUT2D eigenvalue weighted by atomic mass is 16.6. The van der Waals surface area contributed by atoms with Gasteiger partial charge in [-0.15, -0.1) is 5.73 Å². The number of fused-ring (bicyclic) bond motifs is 3. The molecule has 1 aromatic carbocycles. The van der Waals surface area contributed by atoms with Crippen LogP contribution in [0.4, 0.5) is 0 Å². The van der Waals surface area contributed by atoms with Crippen LogP contribution in [0, 0.1) is 0 Å². The molecule has 1 aromatic rings. The Bertz CT molecular complexity index is 816. The van der Waals surface area contributed by atoms with Crippen LogP contribution in [0.1, 0.15) is 17.5 Å². The zero-order valence-electron chi connectivity index (χ0n) is 21.3. The van der Waals surface area contributed by atoms with Gasteiger partial charge in [-0.2, -0.15) is 0 Å². The van der Waals surface area contributed by atoms with E-state index in [0.717, 1.165) is 23.1 Å². The average Bonchev–Trinajstić information content (AvgIpc) is 2.90. The van der Waals surface area contributed by atoms with Gasteiger partial charge < -0.3 is 37.9 Å². The third-order valence-electron chi connectivity index (χ3n) is 5.34. The highest BCUT2D eigenvalue weighted by Crippen LogP contribution is 2.13. The van der Waals surface area contributed by atoms with Gasteiger partial charge in [-0.1, -0.05) is 24.3 Å². The van der Waals surface area contributed by atoms with Gasteiger partial charge in [0.15, 0.2) is 0 Å². The van der Waals surface area contributed by atoms with Crippen molar-refractivity contribution in [2.45, 2.75) is 19.6 Å². The van der Waals surface area contributed by atoms with E-state index in [0.29, 0.717) is 106 Å². The molecular weight excluding hydrogens is 464 g/mol. The van der Waals surface area contributed by atoms with Crippen LogP contribution in [-0.2, 0) is 51.1 Å². The fourth-order valence-electron chi connectivity index (χ4n) is 3.53. The molecule has 0 radical (unpaired) electrons. The smallest absolute Gasteiger partial charge is 0.0789 e. The maximum atomic E-state index is 5.74. The molecule has 3 rings (SSSR count). The third-order valence-corrected chi connectivity index (χ3v) is 5.34. The van der Waals surface area contributed by atoms with E-state index in [2.05, 4.69) is 17.9 Å². The molecule has 1 aliphatic heterocycles. The summed E-state index contributed by atoms with van der Waals surface area (Å²) in [4.78, 5) is 0. The lowest BCUT2D eigenvalue weighted by atomic mass is 10.1. The van der Waals surface area contributed by atoms with Crippen LogP contribution >= 0.6 is 0 Å². The third kappa shape index (κ3) is 13.5. The summed E-state index contributed by atoms with van der Waals surface area (Å²) < 4.78 is 45.2. The maximum absolute atomic E-state index is 5.74. The first kappa shape index (κ1) is 28.7. The first-order valence-electron chi connectivity index (χ1n) is 12.7. The summed E-state index contributed by atoms with van der Waals surface area (Å²) in [5.74, 6) is 0. The minimum absolute atomic E-state index is 0.508. The highest BCUT2D eigenvalue weighted by molar-refractivity contribution is 5.29. The van der Waals surface area contributed by atoms with E-state index in [4.69, 9.17) is 37.9 Å². The predicted octanol–water partition coefficient (Wildman–Crippen LogP) is 3.24. The lowest BCUT2D eigenvalue weighted by Gasteiger charge is -2.12. The van der Waals surface area contributed by atoms with Crippen LogP contribution in [0.15, 0.2) is 53.3 Å². The van der Waals surface area contributed by atoms with Gasteiger partial charge in [0, 0.05) is 5.57 Å². The Morgan fingerprint density at radius 1 is 0.500 bits per heavy atom. The summed E-state index contributed by atoms with van der Waals surface area (Å²) in [6.45, 7) is 8.60. The summed E-state index contributed by atoms with van der Waals surface area (Å²) in [7, 11) is 0. The summed E-state index contributed by atoms with van der Waals surface area (Å²) in [6, 6.07) is 8.22. The predicted molar refractivity (Wildman–Crippen MR) is 135 cm³/mol. The molecule has 0 aromatic heterocycles. The highest BCUT2D eigenvalue weighted by Gasteiger charge is 2.04. The van der Waals surface area contributed by atoms with E-state index in [9.17, 15) is 0 Å². The van der Waals surface area contributed by atoms with Crippen molar-refractivity contribution in [3.8, 4) is 0 Å². The van der Waals surface area contributed by atoms with Gasteiger partial charge >= 0.3 is 0 Å². The van der Waals surface area contributed by atoms with Gasteiger partial charge in [-0.25, -0.2) is 0 Å². The van der Waals surface area contributed by atoms with Crippen molar-refractivity contribution in [2.24, 2.45) is 0 Å². The van der Waals surface area contributed by atoms with Crippen LogP contribution in [0.2, 0.25) is 0 Å². The normalized spacial score (nSPS) is 21.7. The second-order valence-corrected chi connectivity index (χ2v) is 8.36. The van der Waals surface area contributed by atoms with Crippen molar-refractivity contribution in [3.05, 3.63) is 64.4 Å². The van der Waals surface area contributed by atoms with Crippen molar-refractivity contribution in [1.29, 1.82) is 0 Å². The molecular formula is C28H40O8. The van der Waals surface area contributed by atoms with E-state index in [1.54, 1.807) is 0 Å². The lowest BCUT2D eigenvalue weighted by molar-refractivity contribution is -0.00295. The quantitative estimate of drug-likeness (QED) is 0.499. The van der Waals surface area contributed by atoms with Crippen LogP contribution in [0.5, 0.6) is 0 Å². The topological polar surface area (TPSA) is 73.8 Å². The second-order valence-electron chi connectivity index (χ2n) is 8.36. The van der Waals surface area contributed by atoms with E-state index < -0.39 is 0 Å². The van der Waals surface area contributed by atoms with Crippen molar-refractivity contribution >= 4 is 0 Å². The fraction of sp³-hybridized carbons (Fsp3) is 0.607. The monoisotopic (exact) mass is 504 g/mol. The van der Waals surface area contributed by atoms with Gasteiger partial charge in [0.25, 0.3) is 0 Å². The first-order chi connectivity index (χ1) is 17.9. The molecule has 36 heavy (non-hydrogen) atoms. The Kier molecular flexibility index (Phi) is 15.4. The van der Waals surface area contributed by atoms with Gasteiger partial charge in [-0.05, 0) is 35.3 Å². The summed E-state index contributed by atoms with van der Waals surface area (Å²) >= 11 is 0.